The van der Waals surface area contributed by atoms with Crippen LogP contribution in [0.2, 0.25) is 0 Å². The van der Waals surface area contributed by atoms with Gasteiger partial charge in [0.05, 0.1) is 5.56 Å². The summed E-state index contributed by atoms with van der Waals surface area (Å²) < 4.78 is 0. The molecule has 1 aromatic carbocycles. The molecule has 0 saturated carbocycles. The maximum Gasteiger partial charge on any atom is 0.252 e. The quantitative estimate of drug-likeness (QED) is 0.301. The van der Waals surface area contributed by atoms with Gasteiger partial charge >= 0.3 is 0 Å². The van der Waals surface area contributed by atoms with Gasteiger partial charge in [-0.15, -0.1) is 0 Å². The number of nitrogens with two attached hydrogens (primary N) is 1. The van der Waals surface area contributed by atoms with Crippen molar-refractivity contribution in [1.82, 2.24) is 0 Å². The van der Waals surface area contributed by atoms with Gasteiger partial charge in [0, 0.05) is 6.07 Å². The van der Waals surface area contributed by atoms with E-state index in [9.17, 15) is 4.79 Å². The van der Waals surface area contributed by atoms with Gasteiger partial charge < -0.3 is 26.2 Å². The second kappa shape index (κ2) is 2.74. The van der Waals surface area contributed by atoms with Crippen LogP contribution < -0.4 is 5.73 Å². The summed E-state index contributed by atoms with van der Waals surface area (Å²) in [5.74, 6) is -4.49. The summed E-state index contributed by atoms with van der Waals surface area (Å²) in [4.78, 5) is 10.6. The highest BCUT2D eigenvalue weighted by Crippen LogP contribution is 2.43. The molecular formula is C7H7NO5. The molecule has 1 rings (SSSR count). The molecule has 6 heteroatoms. The molecule has 6 nitrogen and oxygen atoms in total. The van der Waals surface area contributed by atoms with Crippen LogP contribution in [0.1, 0.15) is 10.4 Å². The van der Waals surface area contributed by atoms with Crippen molar-refractivity contribution in [3.05, 3.63) is 11.6 Å². The molecule has 0 bridgehead atoms. The third-order valence-corrected chi connectivity index (χ3v) is 1.49. The Kier molecular flexibility index (Phi) is 1.89. The average Bonchev–Trinajstić information content (AvgIpc) is 2.07. The molecule has 0 spiro atoms. The zero-order valence-electron chi connectivity index (χ0n) is 6.35. The molecule has 70 valence electrons. The minimum atomic E-state index is -1.02. The molecule has 0 heterocycles. The predicted octanol–water partition coefficient (Wildman–Crippen LogP) is -0.392. The van der Waals surface area contributed by atoms with Crippen LogP contribution >= 0.6 is 0 Å². The Morgan fingerprint density at radius 1 is 1.08 bits per heavy atom. The maximum atomic E-state index is 10.6. The first kappa shape index (κ1) is 8.98. The Labute approximate surface area is 72.5 Å². The molecule has 0 unspecified atom stereocenters. The fraction of sp³-hybridized carbons (Fsp3) is 0. The monoisotopic (exact) mass is 185 g/mol. The van der Waals surface area contributed by atoms with Crippen molar-refractivity contribution in [2.24, 2.45) is 5.73 Å². The highest BCUT2D eigenvalue weighted by Gasteiger charge is 2.18. The van der Waals surface area contributed by atoms with Gasteiger partial charge in [0.25, 0.3) is 5.91 Å². The predicted molar refractivity (Wildman–Crippen MR) is 41.6 cm³/mol. The highest BCUT2D eigenvalue weighted by molar-refractivity contribution is 5.97. The Bertz CT molecular complexity index is 374. The normalized spacial score (nSPS) is 9.85. The van der Waals surface area contributed by atoms with E-state index in [0.29, 0.717) is 0 Å². The fourth-order valence-electron chi connectivity index (χ4n) is 0.822. The van der Waals surface area contributed by atoms with Crippen LogP contribution in [0.25, 0.3) is 0 Å². The van der Waals surface area contributed by atoms with Gasteiger partial charge in [-0.2, -0.15) is 0 Å². The molecule has 0 aliphatic rings. The van der Waals surface area contributed by atoms with Gasteiger partial charge in [-0.25, -0.2) is 0 Å². The molecular weight excluding hydrogens is 178 g/mol. The summed E-state index contributed by atoms with van der Waals surface area (Å²) >= 11 is 0. The van der Waals surface area contributed by atoms with Crippen molar-refractivity contribution in [1.29, 1.82) is 0 Å². The molecule has 0 atom stereocenters. The van der Waals surface area contributed by atoms with Crippen LogP contribution in [0.4, 0.5) is 0 Å². The first-order valence-corrected chi connectivity index (χ1v) is 3.21. The van der Waals surface area contributed by atoms with Crippen molar-refractivity contribution in [3.63, 3.8) is 0 Å². The van der Waals surface area contributed by atoms with Gasteiger partial charge in [0.15, 0.2) is 11.5 Å². The first-order valence-electron chi connectivity index (χ1n) is 3.21. The van der Waals surface area contributed by atoms with Crippen molar-refractivity contribution < 1.29 is 25.2 Å². The van der Waals surface area contributed by atoms with E-state index in [1.807, 2.05) is 0 Å². The van der Waals surface area contributed by atoms with Crippen molar-refractivity contribution in [2.45, 2.75) is 0 Å². The van der Waals surface area contributed by atoms with E-state index in [1.54, 1.807) is 0 Å². The molecule has 1 amide bonds. The Morgan fingerprint density at radius 3 is 2.08 bits per heavy atom. The van der Waals surface area contributed by atoms with E-state index >= 15 is 0 Å². The number of phenols is 4. The number of rotatable bonds is 1. The van der Waals surface area contributed by atoms with Crippen molar-refractivity contribution in [2.75, 3.05) is 0 Å². The Hall–Kier alpha value is -2.11. The smallest absolute Gasteiger partial charge is 0.252 e. The van der Waals surface area contributed by atoms with E-state index in [2.05, 4.69) is 0 Å². The van der Waals surface area contributed by atoms with Crippen molar-refractivity contribution >= 4 is 5.91 Å². The SMILES string of the molecule is NC(=O)c1cc(O)c(O)c(O)c1O. The lowest BCUT2D eigenvalue weighted by Gasteiger charge is -2.05. The lowest BCUT2D eigenvalue weighted by Crippen LogP contribution is -2.10. The molecule has 13 heavy (non-hydrogen) atoms. The summed E-state index contributed by atoms with van der Waals surface area (Å²) in [7, 11) is 0. The third kappa shape index (κ3) is 1.28. The number of carbonyl (C=O) groups excluding carboxylic acids is 1. The maximum absolute atomic E-state index is 10.6. The number of hydrogen-bond acceptors (Lipinski definition) is 5. The molecule has 0 fully saturated rings. The summed E-state index contributed by atoms with van der Waals surface area (Å²) in [6.07, 6.45) is 0. The zero-order chi connectivity index (χ0) is 10.2. The third-order valence-electron chi connectivity index (χ3n) is 1.49. The van der Waals surface area contributed by atoms with Crippen LogP contribution in [-0.4, -0.2) is 26.3 Å². The largest absolute Gasteiger partial charge is 0.504 e. The minimum Gasteiger partial charge on any atom is -0.504 e. The first-order chi connectivity index (χ1) is 5.95. The van der Waals surface area contributed by atoms with Crippen LogP contribution in [0, 0.1) is 0 Å². The second-order valence-electron chi connectivity index (χ2n) is 2.35. The van der Waals surface area contributed by atoms with E-state index in [4.69, 9.17) is 26.2 Å². The summed E-state index contributed by atoms with van der Waals surface area (Å²) in [5, 5.41) is 35.8. The van der Waals surface area contributed by atoms with Crippen molar-refractivity contribution in [3.8, 4) is 23.0 Å². The van der Waals surface area contributed by atoms with Crippen LogP contribution in [0.5, 0.6) is 23.0 Å². The molecule has 6 N–H and O–H groups in total. The number of phenolic OH excluding ortho intramolecular Hbond substituents is 3. The topological polar surface area (TPSA) is 124 Å². The standard InChI is InChI=1S/C7H7NO5/c8-7(13)2-1-3(9)5(11)6(12)4(2)10/h1,9-12H,(H2,8,13). The number of primary amides is 1. The number of carbonyl (C=O) groups is 1. The van der Waals surface area contributed by atoms with E-state index in [-0.39, 0.29) is 0 Å². The van der Waals surface area contributed by atoms with Gasteiger partial charge in [0.2, 0.25) is 11.5 Å². The summed E-state index contributed by atoms with van der Waals surface area (Å²) in [6.45, 7) is 0. The van der Waals surface area contributed by atoms with Crippen LogP contribution in [-0.2, 0) is 0 Å². The lowest BCUT2D eigenvalue weighted by atomic mass is 10.1. The molecule has 0 saturated heterocycles. The molecule has 0 aliphatic carbocycles. The van der Waals surface area contributed by atoms with Gasteiger partial charge in [0.1, 0.15) is 0 Å². The molecule has 1 aromatic rings. The van der Waals surface area contributed by atoms with E-state index < -0.39 is 34.5 Å². The Morgan fingerprint density at radius 2 is 1.62 bits per heavy atom. The number of benzene rings is 1. The number of amides is 1. The summed E-state index contributed by atoms with van der Waals surface area (Å²) in [5.41, 5.74) is 4.33. The van der Waals surface area contributed by atoms with E-state index in [0.717, 1.165) is 6.07 Å². The van der Waals surface area contributed by atoms with E-state index in [1.165, 1.54) is 0 Å². The number of hydrogen-bond donors (Lipinski definition) is 5. The zero-order valence-corrected chi connectivity index (χ0v) is 6.35. The van der Waals surface area contributed by atoms with Gasteiger partial charge in [-0.3, -0.25) is 4.79 Å². The van der Waals surface area contributed by atoms with Crippen LogP contribution in [0.15, 0.2) is 6.07 Å². The summed E-state index contributed by atoms with van der Waals surface area (Å²) in [6, 6.07) is 0.757. The lowest BCUT2D eigenvalue weighted by molar-refractivity contribution is 0.0996. The Balaban J connectivity index is 3.50. The average molecular weight is 185 g/mol. The van der Waals surface area contributed by atoms with Gasteiger partial charge in [-0.1, -0.05) is 0 Å². The highest BCUT2D eigenvalue weighted by atomic mass is 16.3. The second-order valence-corrected chi connectivity index (χ2v) is 2.35. The molecule has 0 radical (unpaired) electrons. The molecule has 0 aliphatic heterocycles. The fourth-order valence-corrected chi connectivity index (χ4v) is 0.822. The van der Waals surface area contributed by atoms with Crippen LogP contribution in [0.3, 0.4) is 0 Å². The number of aromatic hydroxyl groups is 4. The van der Waals surface area contributed by atoms with Gasteiger partial charge in [-0.05, 0) is 0 Å². The molecule has 0 aromatic heterocycles. The minimum absolute atomic E-state index is 0.465.